The first-order valence-corrected chi connectivity index (χ1v) is 11.7. The molecule has 1 aliphatic rings. The summed E-state index contributed by atoms with van der Waals surface area (Å²) in [5.41, 5.74) is -4.67. The van der Waals surface area contributed by atoms with Gasteiger partial charge in [0, 0.05) is 18.7 Å². The van der Waals surface area contributed by atoms with E-state index in [2.05, 4.69) is 10.3 Å². The molecule has 2 unspecified atom stereocenters. The fraction of sp³-hybridized carbons (Fsp3) is 0.296. The molecule has 0 radical (unpaired) electrons. The fourth-order valence-electron chi connectivity index (χ4n) is 4.21. The number of nitrogens with zero attached hydrogens (tertiary/aromatic N) is 2. The Morgan fingerprint density at radius 2 is 1.63 bits per heavy atom. The largest absolute Gasteiger partial charge is 0.459 e. The molecule has 1 amide bonds. The number of aromatic nitrogens is 2. The average Bonchev–Trinajstić information content (AvgIpc) is 3.08. The van der Waals surface area contributed by atoms with Gasteiger partial charge in [0.2, 0.25) is 0 Å². The van der Waals surface area contributed by atoms with Crippen molar-refractivity contribution >= 4 is 23.7 Å². The van der Waals surface area contributed by atoms with Crippen molar-refractivity contribution in [3.63, 3.8) is 0 Å². The van der Waals surface area contributed by atoms with Gasteiger partial charge in [0.1, 0.15) is 18.5 Å². The maximum absolute atomic E-state index is 16.4. The van der Waals surface area contributed by atoms with Gasteiger partial charge in [-0.2, -0.15) is 4.98 Å². The number of halogens is 1. The molecule has 1 saturated heterocycles. The minimum Gasteiger partial charge on any atom is -0.459 e. The lowest BCUT2D eigenvalue weighted by Crippen LogP contribution is -2.55. The Morgan fingerprint density at radius 1 is 1.03 bits per heavy atom. The molecule has 1 fully saturated rings. The van der Waals surface area contributed by atoms with E-state index in [4.69, 9.17) is 14.2 Å². The third-order valence-corrected chi connectivity index (χ3v) is 6.43. The molecule has 3 aromatic rings. The SMILES string of the molecule is CC(=O)OC1(C)[C@@H](COC(=O)c2ccccc2)OC(n2ccc(NC(=O)c3ccccc3)nc2=O)[C@]1(C)F. The van der Waals surface area contributed by atoms with E-state index < -0.39 is 53.7 Å². The summed E-state index contributed by atoms with van der Waals surface area (Å²) in [6.07, 6.45) is -1.64. The third-order valence-electron chi connectivity index (χ3n) is 6.43. The molecule has 0 saturated carbocycles. The van der Waals surface area contributed by atoms with Crippen molar-refractivity contribution in [1.82, 2.24) is 9.55 Å². The Hall–Kier alpha value is -4.38. The predicted octanol–water partition coefficient (Wildman–Crippen LogP) is 3.30. The van der Waals surface area contributed by atoms with Gasteiger partial charge in [0.05, 0.1) is 5.56 Å². The molecule has 0 bridgehead atoms. The number of alkyl halides is 1. The Bertz CT molecular complexity index is 1390. The molecule has 11 heteroatoms. The van der Waals surface area contributed by atoms with Gasteiger partial charge in [-0.1, -0.05) is 36.4 Å². The standard InChI is InChI=1S/C27H26FN3O7/c1-17(32)38-27(3)20(16-36-23(34)19-12-8-5-9-13-19)37-24(26(27,2)28)31-15-14-21(30-25(31)35)29-22(33)18-10-6-4-7-11-18/h4-15,20,24H,16H2,1-3H3,(H,29,30,33,35)/t20-,24?,26+,27?/m1/s1. The number of carbonyl (C=O) groups is 3. The molecule has 2 aromatic carbocycles. The highest BCUT2D eigenvalue weighted by Gasteiger charge is 2.66. The minimum atomic E-state index is -2.46. The Kier molecular flexibility index (Phi) is 7.40. The van der Waals surface area contributed by atoms with Gasteiger partial charge >= 0.3 is 17.6 Å². The Labute approximate surface area is 217 Å². The van der Waals surface area contributed by atoms with Crippen LogP contribution in [0.4, 0.5) is 10.2 Å². The van der Waals surface area contributed by atoms with Crippen molar-refractivity contribution < 1.29 is 33.0 Å². The van der Waals surface area contributed by atoms with Crippen LogP contribution in [-0.2, 0) is 19.0 Å². The molecule has 1 aromatic heterocycles. The van der Waals surface area contributed by atoms with E-state index in [-0.39, 0.29) is 11.4 Å². The second kappa shape index (κ2) is 10.5. The molecule has 0 spiro atoms. The van der Waals surface area contributed by atoms with Crippen molar-refractivity contribution in [1.29, 1.82) is 0 Å². The third kappa shape index (κ3) is 5.18. The first-order chi connectivity index (χ1) is 18.0. The quantitative estimate of drug-likeness (QED) is 0.468. The summed E-state index contributed by atoms with van der Waals surface area (Å²) in [5.74, 6) is -2.00. The molecule has 0 aliphatic carbocycles. The smallest absolute Gasteiger partial charge is 0.351 e. The summed E-state index contributed by atoms with van der Waals surface area (Å²) < 4.78 is 33.8. The van der Waals surface area contributed by atoms with Crippen LogP contribution < -0.4 is 11.0 Å². The van der Waals surface area contributed by atoms with Crippen LogP contribution in [0.15, 0.2) is 77.7 Å². The van der Waals surface area contributed by atoms with E-state index in [0.717, 1.165) is 18.4 Å². The van der Waals surface area contributed by atoms with Gasteiger partial charge in [-0.05, 0) is 44.2 Å². The highest BCUT2D eigenvalue weighted by molar-refractivity contribution is 6.03. The van der Waals surface area contributed by atoms with E-state index in [1.807, 2.05) is 0 Å². The predicted molar refractivity (Wildman–Crippen MR) is 133 cm³/mol. The van der Waals surface area contributed by atoms with Crippen LogP contribution in [0, 0.1) is 0 Å². The summed E-state index contributed by atoms with van der Waals surface area (Å²) in [6.45, 7) is 3.08. The zero-order valence-electron chi connectivity index (χ0n) is 20.9. The van der Waals surface area contributed by atoms with Crippen LogP contribution in [0.5, 0.6) is 0 Å². The molecule has 4 atom stereocenters. The van der Waals surface area contributed by atoms with Crippen molar-refractivity contribution in [2.24, 2.45) is 0 Å². The Morgan fingerprint density at radius 3 is 2.21 bits per heavy atom. The lowest BCUT2D eigenvalue weighted by atomic mass is 9.84. The van der Waals surface area contributed by atoms with Crippen molar-refractivity contribution in [3.05, 3.63) is 94.5 Å². The first kappa shape index (κ1) is 26.7. The van der Waals surface area contributed by atoms with Gasteiger partial charge in [-0.25, -0.2) is 14.0 Å². The molecule has 10 nitrogen and oxygen atoms in total. The van der Waals surface area contributed by atoms with Crippen molar-refractivity contribution in [3.8, 4) is 0 Å². The van der Waals surface area contributed by atoms with Gasteiger partial charge in [-0.15, -0.1) is 0 Å². The van der Waals surface area contributed by atoms with E-state index in [0.29, 0.717) is 5.56 Å². The van der Waals surface area contributed by atoms with Gasteiger partial charge in [0.25, 0.3) is 5.91 Å². The van der Waals surface area contributed by atoms with Crippen LogP contribution in [0.1, 0.15) is 47.7 Å². The van der Waals surface area contributed by atoms with Gasteiger partial charge in [-0.3, -0.25) is 14.2 Å². The topological polar surface area (TPSA) is 126 Å². The lowest BCUT2D eigenvalue weighted by Gasteiger charge is -2.36. The molecule has 2 heterocycles. The molecule has 1 N–H and O–H groups in total. The van der Waals surface area contributed by atoms with E-state index in [9.17, 15) is 19.2 Å². The van der Waals surface area contributed by atoms with Crippen LogP contribution in [0.25, 0.3) is 0 Å². The average molecular weight is 524 g/mol. The number of amides is 1. The van der Waals surface area contributed by atoms with Crippen LogP contribution in [0.3, 0.4) is 0 Å². The van der Waals surface area contributed by atoms with Crippen LogP contribution in [0.2, 0.25) is 0 Å². The summed E-state index contributed by atoms with van der Waals surface area (Å²) in [5, 5.41) is 2.51. The molecule has 4 rings (SSSR count). The van der Waals surface area contributed by atoms with E-state index in [1.165, 1.54) is 19.2 Å². The number of esters is 2. The maximum atomic E-state index is 16.4. The number of hydrogen-bond acceptors (Lipinski definition) is 8. The number of anilines is 1. The molecule has 1 aliphatic heterocycles. The van der Waals surface area contributed by atoms with Gasteiger partial charge in [0.15, 0.2) is 17.5 Å². The monoisotopic (exact) mass is 523 g/mol. The highest BCUT2D eigenvalue weighted by atomic mass is 19.1. The maximum Gasteiger partial charge on any atom is 0.351 e. The summed E-state index contributed by atoms with van der Waals surface area (Å²) in [6, 6.07) is 17.8. The zero-order valence-corrected chi connectivity index (χ0v) is 20.9. The molecule has 198 valence electrons. The molecular weight excluding hydrogens is 497 g/mol. The second-order valence-corrected chi connectivity index (χ2v) is 9.04. The second-order valence-electron chi connectivity index (χ2n) is 9.04. The number of hydrogen-bond donors (Lipinski definition) is 1. The van der Waals surface area contributed by atoms with Gasteiger partial charge < -0.3 is 19.5 Å². The normalized spacial score (nSPS) is 24.4. The number of benzene rings is 2. The van der Waals surface area contributed by atoms with E-state index >= 15 is 4.39 Å². The Balaban J connectivity index is 1.58. The highest BCUT2D eigenvalue weighted by Crippen LogP contribution is 2.50. The molecular formula is C27H26FN3O7. The lowest BCUT2D eigenvalue weighted by molar-refractivity contribution is -0.175. The zero-order chi connectivity index (χ0) is 27.5. The van der Waals surface area contributed by atoms with Crippen LogP contribution in [-0.4, -0.2) is 51.4 Å². The number of rotatable bonds is 7. The minimum absolute atomic E-state index is 0.0465. The van der Waals surface area contributed by atoms with E-state index in [1.54, 1.807) is 60.7 Å². The first-order valence-electron chi connectivity index (χ1n) is 11.7. The number of ether oxygens (including phenoxy) is 3. The number of nitrogens with one attached hydrogen (secondary N) is 1. The number of carbonyl (C=O) groups excluding carboxylic acids is 3. The van der Waals surface area contributed by atoms with Crippen molar-refractivity contribution in [2.75, 3.05) is 11.9 Å². The van der Waals surface area contributed by atoms with Crippen molar-refractivity contribution in [2.45, 2.75) is 44.4 Å². The summed E-state index contributed by atoms with van der Waals surface area (Å²) in [7, 11) is 0. The summed E-state index contributed by atoms with van der Waals surface area (Å²) >= 11 is 0. The molecule has 38 heavy (non-hydrogen) atoms. The summed E-state index contributed by atoms with van der Waals surface area (Å²) in [4.78, 5) is 53.5. The van der Waals surface area contributed by atoms with Crippen LogP contribution >= 0.6 is 0 Å². The fourth-order valence-corrected chi connectivity index (χ4v) is 4.21.